The standard InChI is InChI=1S/C14H25N3O3/c1-9(2)13(15)16-14(20)17-6-4-11(5-7-17)10(3)8-12(18)19/h9-11H,4-8H2,1-3H3,(H,18,19)(H2,15,16,20). The zero-order valence-corrected chi connectivity index (χ0v) is 12.5. The van der Waals surface area contributed by atoms with Crippen LogP contribution in [0.15, 0.2) is 4.99 Å². The zero-order chi connectivity index (χ0) is 15.3. The van der Waals surface area contributed by atoms with Gasteiger partial charge in [0.25, 0.3) is 0 Å². The molecular formula is C14H25N3O3. The molecule has 1 heterocycles. The van der Waals surface area contributed by atoms with Crippen LogP contribution >= 0.6 is 0 Å². The van der Waals surface area contributed by atoms with Gasteiger partial charge in [-0.3, -0.25) is 4.79 Å². The van der Waals surface area contributed by atoms with E-state index in [0.29, 0.717) is 24.8 Å². The van der Waals surface area contributed by atoms with E-state index in [1.165, 1.54) is 0 Å². The number of carbonyl (C=O) groups is 2. The summed E-state index contributed by atoms with van der Waals surface area (Å²) in [5.74, 6) is 0.171. The van der Waals surface area contributed by atoms with Crippen molar-refractivity contribution in [3.05, 3.63) is 0 Å². The van der Waals surface area contributed by atoms with Crippen LogP contribution in [0.1, 0.15) is 40.0 Å². The maximum atomic E-state index is 11.9. The molecule has 114 valence electrons. The predicted octanol–water partition coefficient (Wildman–Crippen LogP) is 1.94. The van der Waals surface area contributed by atoms with Crippen LogP contribution in [0.5, 0.6) is 0 Å². The molecule has 6 heteroatoms. The van der Waals surface area contributed by atoms with Crippen molar-refractivity contribution in [3.8, 4) is 0 Å². The molecule has 0 aromatic heterocycles. The molecule has 20 heavy (non-hydrogen) atoms. The van der Waals surface area contributed by atoms with Crippen molar-refractivity contribution in [1.82, 2.24) is 4.90 Å². The second kappa shape index (κ2) is 7.26. The number of amides is 2. The van der Waals surface area contributed by atoms with E-state index in [0.717, 1.165) is 12.8 Å². The van der Waals surface area contributed by atoms with Crippen molar-refractivity contribution in [1.29, 1.82) is 0 Å². The van der Waals surface area contributed by atoms with E-state index in [1.54, 1.807) is 4.90 Å². The number of carboxylic acid groups (broad SMARTS) is 1. The second-order valence-corrected chi connectivity index (χ2v) is 5.87. The quantitative estimate of drug-likeness (QED) is 0.608. The lowest BCUT2D eigenvalue weighted by atomic mass is 9.84. The minimum Gasteiger partial charge on any atom is -0.481 e. The number of nitrogens with zero attached hydrogens (tertiary/aromatic N) is 2. The highest BCUT2D eigenvalue weighted by Gasteiger charge is 2.27. The van der Waals surface area contributed by atoms with Crippen molar-refractivity contribution >= 4 is 17.8 Å². The lowest BCUT2D eigenvalue weighted by molar-refractivity contribution is -0.138. The lowest BCUT2D eigenvalue weighted by Gasteiger charge is -2.33. The number of likely N-dealkylation sites (tertiary alicyclic amines) is 1. The van der Waals surface area contributed by atoms with Gasteiger partial charge in [0.1, 0.15) is 5.84 Å². The molecule has 0 saturated carbocycles. The topological polar surface area (TPSA) is 96.0 Å². The Morgan fingerprint density at radius 3 is 2.30 bits per heavy atom. The van der Waals surface area contributed by atoms with Crippen LogP contribution in [0.3, 0.4) is 0 Å². The Hall–Kier alpha value is -1.59. The summed E-state index contributed by atoms with van der Waals surface area (Å²) >= 11 is 0. The second-order valence-electron chi connectivity index (χ2n) is 5.87. The molecule has 1 aliphatic heterocycles. The Morgan fingerprint density at radius 2 is 1.85 bits per heavy atom. The fourth-order valence-corrected chi connectivity index (χ4v) is 2.41. The molecule has 2 amide bonds. The Kier molecular flexibility index (Phi) is 5.98. The SMILES string of the molecule is CC(C)C(N)=NC(=O)N1CCC(C(C)CC(=O)O)CC1. The summed E-state index contributed by atoms with van der Waals surface area (Å²) in [6.45, 7) is 7.01. The number of hydrogen-bond donors (Lipinski definition) is 2. The molecule has 1 saturated heterocycles. The average Bonchev–Trinajstić information content (AvgIpc) is 2.37. The van der Waals surface area contributed by atoms with Crippen LogP contribution in [0, 0.1) is 17.8 Å². The number of nitrogens with two attached hydrogens (primary N) is 1. The summed E-state index contributed by atoms with van der Waals surface area (Å²) in [6, 6.07) is -0.277. The number of hydrogen-bond acceptors (Lipinski definition) is 2. The van der Waals surface area contributed by atoms with Crippen LogP contribution in [-0.4, -0.2) is 40.9 Å². The first-order valence-corrected chi connectivity index (χ1v) is 7.16. The summed E-state index contributed by atoms with van der Waals surface area (Å²) in [4.78, 5) is 28.2. The summed E-state index contributed by atoms with van der Waals surface area (Å²) in [6.07, 6.45) is 1.85. The number of carboxylic acids is 1. The first-order chi connectivity index (χ1) is 9.31. The Bertz CT molecular complexity index is 385. The molecule has 0 aromatic carbocycles. The van der Waals surface area contributed by atoms with Crippen molar-refractivity contribution in [2.75, 3.05) is 13.1 Å². The van der Waals surface area contributed by atoms with E-state index >= 15 is 0 Å². The van der Waals surface area contributed by atoms with Gasteiger partial charge in [0.2, 0.25) is 0 Å². The van der Waals surface area contributed by atoms with E-state index in [9.17, 15) is 9.59 Å². The van der Waals surface area contributed by atoms with Gasteiger partial charge in [-0.15, -0.1) is 0 Å². The molecule has 0 spiro atoms. The van der Waals surface area contributed by atoms with Crippen LogP contribution in [0.4, 0.5) is 4.79 Å². The van der Waals surface area contributed by atoms with Crippen LogP contribution < -0.4 is 5.73 Å². The zero-order valence-electron chi connectivity index (χ0n) is 12.5. The molecule has 6 nitrogen and oxygen atoms in total. The van der Waals surface area contributed by atoms with Gasteiger partial charge in [-0.25, -0.2) is 4.79 Å². The third kappa shape index (κ3) is 4.83. The monoisotopic (exact) mass is 283 g/mol. The summed E-state index contributed by atoms with van der Waals surface area (Å²) in [7, 11) is 0. The first kappa shape index (κ1) is 16.5. The molecule has 1 atom stereocenters. The van der Waals surface area contributed by atoms with E-state index in [4.69, 9.17) is 10.8 Å². The number of piperidine rings is 1. The van der Waals surface area contributed by atoms with Gasteiger partial charge < -0.3 is 15.7 Å². The smallest absolute Gasteiger partial charge is 0.345 e. The van der Waals surface area contributed by atoms with E-state index in [1.807, 2.05) is 20.8 Å². The third-order valence-electron chi connectivity index (χ3n) is 3.93. The Morgan fingerprint density at radius 1 is 1.30 bits per heavy atom. The minimum absolute atomic E-state index is 0.0621. The number of aliphatic imine (C=N–C) groups is 1. The molecule has 0 aromatic rings. The van der Waals surface area contributed by atoms with Crippen molar-refractivity contribution in [2.45, 2.75) is 40.0 Å². The number of aliphatic carboxylic acids is 1. The van der Waals surface area contributed by atoms with Gasteiger partial charge in [0, 0.05) is 25.4 Å². The van der Waals surface area contributed by atoms with Gasteiger partial charge in [0.15, 0.2) is 0 Å². The molecule has 0 aliphatic carbocycles. The van der Waals surface area contributed by atoms with E-state index in [2.05, 4.69) is 4.99 Å². The molecule has 1 aliphatic rings. The Balaban J connectivity index is 2.48. The van der Waals surface area contributed by atoms with Crippen molar-refractivity contribution in [3.63, 3.8) is 0 Å². The molecule has 1 rings (SSSR count). The van der Waals surface area contributed by atoms with E-state index in [-0.39, 0.29) is 24.3 Å². The molecule has 1 unspecified atom stereocenters. The largest absolute Gasteiger partial charge is 0.481 e. The average molecular weight is 283 g/mol. The first-order valence-electron chi connectivity index (χ1n) is 7.16. The number of urea groups is 1. The van der Waals surface area contributed by atoms with Crippen LogP contribution in [0.25, 0.3) is 0 Å². The maximum absolute atomic E-state index is 11.9. The van der Waals surface area contributed by atoms with Crippen molar-refractivity contribution < 1.29 is 14.7 Å². The number of carbonyl (C=O) groups excluding carboxylic acids is 1. The van der Waals surface area contributed by atoms with Gasteiger partial charge in [-0.2, -0.15) is 4.99 Å². The van der Waals surface area contributed by atoms with Gasteiger partial charge in [0.05, 0.1) is 0 Å². The lowest BCUT2D eigenvalue weighted by Crippen LogP contribution is -2.39. The fourth-order valence-electron chi connectivity index (χ4n) is 2.41. The predicted molar refractivity (Wildman–Crippen MR) is 77.6 cm³/mol. The number of amidine groups is 1. The highest BCUT2D eigenvalue weighted by molar-refractivity contribution is 5.93. The normalized spacial score (nSPS) is 19.2. The van der Waals surface area contributed by atoms with Crippen molar-refractivity contribution in [2.24, 2.45) is 28.5 Å². The molecule has 0 radical (unpaired) electrons. The Labute approximate surface area is 120 Å². The van der Waals surface area contributed by atoms with Crippen LogP contribution in [0.2, 0.25) is 0 Å². The highest BCUT2D eigenvalue weighted by Crippen LogP contribution is 2.27. The summed E-state index contributed by atoms with van der Waals surface area (Å²) in [5.41, 5.74) is 5.69. The third-order valence-corrected chi connectivity index (χ3v) is 3.93. The van der Waals surface area contributed by atoms with Gasteiger partial charge >= 0.3 is 12.0 Å². The minimum atomic E-state index is -0.759. The summed E-state index contributed by atoms with van der Waals surface area (Å²) < 4.78 is 0. The number of rotatable bonds is 4. The molecule has 0 bridgehead atoms. The maximum Gasteiger partial charge on any atom is 0.345 e. The van der Waals surface area contributed by atoms with Crippen LogP contribution in [-0.2, 0) is 4.79 Å². The van der Waals surface area contributed by atoms with E-state index < -0.39 is 5.97 Å². The van der Waals surface area contributed by atoms with Gasteiger partial charge in [-0.05, 0) is 24.7 Å². The molecule has 3 N–H and O–H groups in total. The molecule has 1 fully saturated rings. The summed E-state index contributed by atoms with van der Waals surface area (Å²) in [5, 5.41) is 8.81. The molecular weight excluding hydrogens is 258 g/mol. The highest BCUT2D eigenvalue weighted by atomic mass is 16.4. The van der Waals surface area contributed by atoms with Gasteiger partial charge in [-0.1, -0.05) is 20.8 Å². The fraction of sp³-hybridized carbons (Fsp3) is 0.786.